The smallest absolute Gasteiger partial charge is 0.123 e. The molecule has 0 aromatic heterocycles. The Morgan fingerprint density at radius 3 is 2.69 bits per heavy atom. The van der Waals surface area contributed by atoms with Crippen LogP contribution in [0.4, 0.5) is 0 Å². The fraction of sp³-hybridized carbons (Fsp3) is 0.500. The van der Waals surface area contributed by atoms with E-state index in [1.165, 1.54) is 6.42 Å². The summed E-state index contributed by atoms with van der Waals surface area (Å²) in [4.78, 5) is 0. The van der Waals surface area contributed by atoms with Crippen LogP contribution in [0.1, 0.15) is 37.8 Å². The molecule has 0 amide bonds. The van der Waals surface area contributed by atoms with Crippen molar-refractivity contribution < 1.29 is 4.74 Å². The minimum Gasteiger partial charge on any atom is -0.496 e. The molecule has 16 heavy (non-hydrogen) atoms. The molecule has 0 aliphatic heterocycles. The zero-order valence-electron chi connectivity index (χ0n) is 9.70. The number of hydrogen-bond acceptors (Lipinski definition) is 2. The molecule has 2 N–H and O–H groups in total. The number of ether oxygens (including phenoxy) is 1. The Labute approximate surface area is 112 Å². The van der Waals surface area contributed by atoms with E-state index >= 15 is 0 Å². The Morgan fingerprint density at radius 1 is 1.44 bits per heavy atom. The van der Waals surface area contributed by atoms with Crippen LogP contribution in [-0.4, -0.2) is 7.11 Å². The molecule has 4 heteroatoms. The van der Waals surface area contributed by atoms with Crippen molar-refractivity contribution in [1.82, 2.24) is 0 Å². The summed E-state index contributed by atoms with van der Waals surface area (Å²) in [6.07, 6.45) is 3.32. The number of nitrogens with two attached hydrogens (primary N) is 1. The van der Waals surface area contributed by atoms with Gasteiger partial charge in [-0.15, -0.1) is 12.4 Å². The molecular formula is C12H19BrClNO. The van der Waals surface area contributed by atoms with Gasteiger partial charge >= 0.3 is 0 Å². The van der Waals surface area contributed by atoms with Crippen molar-refractivity contribution >= 4 is 28.3 Å². The van der Waals surface area contributed by atoms with E-state index in [1.807, 2.05) is 18.2 Å². The van der Waals surface area contributed by atoms with Crippen LogP contribution in [0, 0.1) is 0 Å². The summed E-state index contributed by atoms with van der Waals surface area (Å²) >= 11 is 3.45. The number of hydrogen-bond donors (Lipinski definition) is 1. The Hall–Kier alpha value is -0.250. The normalized spacial score (nSPS) is 11.8. The number of unbranched alkanes of at least 4 members (excludes halogenated alkanes) is 1. The first-order valence-electron chi connectivity index (χ1n) is 5.28. The average Bonchev–Trinajstić information content (AvgIpc) is 2.25. The van der Waals surface area contributed by atoms with Crippen LogP contribution in [0.25, 0.3) is 0 Å². The van der Waals surface area contributed by atoms with E-state index in [0.29, 0.717) is 0 Å². The van der Waals surface area contributed by atoms with Gasteiger partial charge in [0.05, 0.1) is 7.11 Å². The fourth-order valence-electron chi connectivity index (χ4n) is 1.57. The molecule has 0 saturated heterocycles. The molecule has 1 aromatic carbocycles. The molecule has 0 saturated carbocycles. The summed E-state index contributed by atoms with van der Waals surface area (Å²) in [6, 6.07) is 6.02. The molecule has 92 valence electrons. The number of benzene rings is 1. The van der Waals surface area contributed by atoms with Crippen LogP contribution in [-0.2, 0) is 0 Å². The van der Waals surface area contributed by atoms with Crippen LogP contribution in [0.3, 0.4) is 0 Å². The summed E-state index contributed by atoms with van der Waals surface area (Å²) in [5, 5.41) is 0. The van der Waals surface area contributed by atoms with E-state index in [0.717, 1.165) is 28.6 Å². The van der Waals surface area contributed by atoms with Crippen molar-refractivity contribution in [2.45, 2.75) is 32.2 Å². The second kappa shape index (κ2) is 7.93. The van der Waals surface area contributed by atoms with Crippen LogP contribution in [0.5, 0.6) is 5.75 Å². The van der Waals surface area contributed by atoms with Gasteiger partial charge in [-0.25, -0.2) is 0 Å². The number of methoxy groups -OCH3 is 1. The highest BCUT2D eigenvalue weighted by Crippen LogP contribution is 2.29. The monoisotopic (exact) mass is 307 g/mol. The first-order valence-corrected chi connectivity index (χ1v) is 6.07. The molecule has 2 nitrogen and oxygen atoms in total. The third-order valence-electron chi connectivity index (χ3n) is 2.46. The van der Waals surface area contributed by atoms with Crippen LogP contribution < -0.4 is 10.5 Å². The lowest BCUT2D eigenvalue weighted by Gasteiger charge is -2.15. The van der Waals surface area contributed by atoms with Gasteiger partial charge in [0.1, 0.15) is 5.75 Å². The Balaban J connectivity index is 0.00000225. The molecule has 0 unspecified atom stereocenters. The van der Waals surface area contributed by atoms with E-state index in [9.17, 15) is 0 Å². The maximum Gasteiger partial charge on any atom is 0.123 e. The van der Waals surface area contributed by atoms with Crippen molar-refractivity contribution in [3.63, 3.8) is 0 Å². The highest BCUT2D eigenvalue weighted by Gasteiger charge is 2.11. The van der Waals surface area contributed by atoms with E-state index in [4.69, 9.17) is 10.5 Å². The molecule has 1 rings (SSSR count). The molecular weight excluding hydrogens is 289 g/mol. The Kier molecular flexibility index (Phi) is 7.81. The van der Waals surface area contributed by atoms with Gasteiger partial charge in [0.15, 0.2) is 0 Å². The number of rotatable bonds is 5. The maximum absolute atomic E-state index is 6.13. The summed E-state index contributed by atoms with van der Waals surface area (Å²) in [5.74, 6) is 0.877. The molecule has 0 bridgehead atoms. The van der Waals surface area contributed by atoms with Crippen LogP contribution in [0.2, 0.25) is 0 Å². The lowest BCUT2D eigenvalue weighted by Crippen LogP contribution is -2.11. The first kappa shape index (κ1) is 15.8. The highest BCUT2D eigenvalue weighted by atomic mass is 79.9. The first-order chi connectivity index (χ1) is 7.19. The Morgan fingerprint density at radius 2 is 2.12 bits per heavy atom. The van der Waals surface area contributed by atoms with Crippen molar-refractivity contribution in [1.29, 1.82) is 0 Å². The van der Waals surface area contributed by atoms with Gasteiger partial charge in [0.2, 0.25) is 0 Å². The number of halogens is 2. The largest absolute Gasteiger partial charge is 0.496 e. The summed E-state index contributed by atoms with van der Waals surface area (Å²) in [5.41, 5.74) is 7.21. The second-order valence-electron chi connectivity index (χ2n) is 3.63. The predicted molar refractivity (Wildman–Crippen MR) is 74.4 cm³/mol. The van der Waals surface area contributed by atoms with Gasteiger partial charge in [0, 0.05) is 16.1 Å². The van der Waals surface area contributed by atoms with E-state index in [2.05, 4.69) is 22.9 Å². The zero-order valence-corrected chi connectivity index (χ0v) is 12.1. The third kappa shape index (κ3) is 4.32. The molecule has 1 aromatic rings. The van der Waals surface area contributed by atoms with Gasteiger partial charge in [0.25, 0.3) is 0 Å². The average molecular weight is 309 g/mol. The van der Waals surface area contributed by atoms with Crippen molar-refractivity contribution in [3.8, 4) is 5.75 Å². The fourth-order valence-corrected chi connectivity index (χ4v) is 1.95. The standard InChI is InChI=1S/C12H18BrNO.ClH/c1-3-4-5-11(14)10-8-9(13)6-7-12(10)15-2;/h6-8,11H,3-5,14H2,1-2H3;1H/t11-;/m0./s1. The lowest BCUT2D eigenvalue weighted by molar-refractivity contribution is 0.403. The van der Waals surface area contributed by atoms with Crippen molar-refractivity contribution in [3.05, 3.63) is 28.2 Å². The molecule has 0 aliphatic rings. The molecule has 0 aliphatic carbocycles. The summed E-state index contributed by atoms with van der Waals surface area (Å²) < 4.78 is 6.35. The molecule has 0 fully saturated rings. The van der Waals surface area contributed by atoms with E-state index in [-0.39, 0.29) is 18.4 Å². The zero-order chi connectivity index (χ0) is 11.3. The molecule has 0 heterocycles. The highest BCUT2D eigenvalue weighted by molar-refractivity contribution is 9.10. The predicted octanol–water partition coefficient (Wildman–Crippen LogP) is 4.07. The van der Waals surface area contributed by atoms with Gasteiger partial charge in [-0.2, -0.15) is 0 Å². The quantitative estimate of drug-likeness (QED) is 0.890. The topological polar surface area (TPSA) is 35.2 Å². The lowest BCUT2D eigenvalue weighted by atomic mass is 10.0. The Bertz CT molecular complexity index is 320. The summed E-state index contributed by atoms with van der Waals surface area (Å²) in [6.45, 7) is 2.17. The molecule has 1 atom stereocenters. The van der Waals surface area contributed by atoms with Gasteiger partial charge in [-0.05, 0) is 24.6 Å². The van der Waals surface area contributed by atoms with Gasteiger partial charge in [-0.3, -0.25) is 0 Å². The third-order valence-corrected chi connectivity index (χ3v) is 2.95. The van der Waals surface area contributed by atoms with Crippen molar-refractivity contribution in [2.75, 3.05) is 7.11 Å². The molecule has 0 radical (unpaired) electrons. The van der Waals surface area contributed by atoms with Crippen LogP contribution in [0.15, 0.2) is 22.7 Å². The molecule has 0 spiro atoms. The van der Waals surface area contributed by atoms with Crippen molar-refractivity contribution in [2.24, 2.45) is 5.73 Å². The summed E-state index contributed by atoms with van der Waals surface area (Å²) in [7, 11) is 1.68. The van der Waals surface area contributed by atoms with E-state index in [1.54, 1.807) is 7.11 Å². The van der Waals surface area contributed by atoms with Gasteiger partial charge < -0.3 is 10.5 Å². The maximum atomic E-state index is 6.13. The second-order valence-corrected chi connectivity index (χ2v) is 4.55. The minimum atomic E-state index is 0. The SMILES string of the molecule is CCCC[C@H](N)c1cc(Br)ccc1OC.Cl. The van der Waals surface area contributed by atoms with E-state index < -0.39 is 0 Å². The van der Waals surface area contributed by atoms with Gasteiger partial charge in [-0.1, -0.05) is 35.7 Å². The minimum absolute atomic E-state index is 0. The van der Waals surface area contributed by atoms with Crippen LogP contribution >= 0.6 is 28.3 Å².